The molecule has 2 heterocycles. The average Bonchev–Trinajstić information content (AvgIpc) is 2.45. The van der Waals surface area contributed by atoms with E-state index in [1.54, 1.807) is 0 Å². The van der Waals surface area contributed by atoms with E-state index >= 15 is 0 Å². The maximum atomic E-state index is 4.65. The topological polar surface area (TPSA) is 41.1 Å². The molecular weight excluding hydrogens is 236 g/mol. The molecule has 4 nitrogen and oxygen atoms in total. The molecule has 1 fully saturated rings. The van der Waals surface area contributed by atoms with Gasteiger partial charge in [-0.2, -0.15) is 0 Å². The highest BCUT2D eigenvalue weighted by Gasteiger charge is 2.35. The van der Waals surface area contributed by atoms with Crippen LogP contribution in [0.1, 0.15) is 37.4 Å². The van der Waals surface area contributed by atoms with Crippen LogP contribution in [0.5, 0.6) is 0 Å². The van der Waals surface area contributed by atoms with E-state index in [-0.39, 0.29) is 0 Å². The van der Waals surface area contributed by atoms with Crippen molar-refractivity contribution < 1.29 is 0 Å². The van der Waals surface area contributed by atoms with Gasteiger partial charge < -0.3 is 5.32 Å². The SMILES string of the molecule is CCCN1CCCC2Cc3nc(NC)ncc3CC21. The summed E-state index contributed by atoms with van der Waals surface area (Å²) in [5.41, 5.74) is 2.64. The molecule has 0 aromatic carbocycles. The predicted octanol–water partition coefficient (Wildman–Crippen LogP) is 2.11. The van der Waals surface area contributed by atoms with Crippen molar-refractivity contribution in [3.63, 3.8) is 0 Å². The molecule has 0 radical (unpaired) electrons. The van der Waals surface area contributed by atoms with Crippen LogP contribution in [0, 0.1) is 5.92 Å². The van der Waals surface area contributed by atoms with E-state index in [4.69, 9.17) is 0 Å². The van der Waals surface area contributed by atoms with Crippen LogP contribution in [0.25, 0.3) is 0 Å². The zero-order valence-electron chi connectivity index (χ0n) is 12.0. The summed E-state index contributed by atoms with van der Waals surface area (Å²) in [5.74, 6) is 1.56. The second-order valence-electron chi connectivity index (χ2n) is 5.83. The predicted molar refractivity (Wildman–Crippen MR) is 77.4 cm³/mol. The van der Waals surface area contributed by atoms with Gasteiger partial charge in [0.15, 0.2) is 0 Å². The summed E-state index contributed by atoms with van der Waals surface area (Å²) in [7, 11) is 1.89. The number of hydrogen-bond acceptors (Lipinski definition) is 4. The third-order valence-corrected chi connectivity index (χ3v) is 4.61. The molecule has 104 valence electrons. The Morgan fingerprint density at radius 2 is 2.32 bits per heavy atom. The number of fused-ring (bicyclic) bond motifs is 2. The normalized spacial score (nSPS) is 26.6. The quantitative estimate of drug-likeness (QED) is 0.903. The van der Waals surface area contributed by atoms with Crippen molar-refractivity contribution in [2.45, 2.75) is 45.1 Å². The third kappa shape index (κ3) is 2.46. The number of piperidine rings is 1. The fourth-order valence-corrected chi connectivity index (χ4v) is 3.70. The summed E-state index contributed by atoms with van der Waals surface area (Å²) in [5, 5.41) is 3.05. The number of anilines is 1. The van der Waals surface area contributed by atoms with Gasteiger partial charge in [0.05, 0.1) is 0 Å². The highest BCUT2D eigenvalue weighted by Crippen LogP contribution is 2.34. The minimum atomic E-state index is 0.727. The lowest BCUT2D eigenvalue weighted by molar-refractivity contribution is 0.0845. The number of nitrogens with zero attached hydrogens (tertiary/aromatic N) is 3. The van der Waals surface area contributed by atoms with Gasteiger partial charge in [-0.15, -0.1) is 0 Å². The molecule has 0 amide bonds. The largest absolute Gasteiger partial charge is 0.357 e. The van der Waals surface area contributed by atoms with Crippen molar-refractivity contribution in [2.75, 3.05) is 25.5 Å². The van der Waals surface area contributed by atoms with E-state index in [9.17, 15) is 0 Å². The van der Waals surface area contributed by atoms with Crippen LogP contribution in [-0.4, -0.2) is 41.0 Å². The van der Waals surface area contributed by atoms with E-state index < -0.39 is 0 Å². The Bertz CT molecular complexity index is 444. The number of aromatic nitrogens is 2. The molecule has 1 aliphatic heterocycles. The number of nitrogens with one attached hydrogen (secondary N) is 1. The average molecular weight is 260 g/mol. The van der Waals surface area contributed by atoms with Gasteiger partial charge in [-0.25, -0.2) is 9.97 Å². The summed E-state index contributed by atoms with van der Waals surface area (Å²) < 4.78 is 0. The first kappa shape index (κ1) is 12.9. The number of likely N-dealkylation sites (tertiary alicyclic amines) is 1. The third-order valence-electron chi connectivity index (χ3n) is 4.61. The molecule has 3 rings (SSSR count). The lowest BCUT2D eigenvalue weighted by Crippen LogP contribution is -2.49. The summed E-state index contributed by atoms with van der Waals surface area (Å²) in [6, 6.07) is 0.727. The van der Waals surface area contributed by atoms with Gasteiger partial charge in [-0.3, -0.25) is 4.90 Å². The van der Waals surface area contributed by atoms with Gasteiger partial charge in [0, 0.05) is 25.0 Å². The van der Waals surface area contributed by atoms with Crippen LogP contribution in [0.3, 0.4) is 0 Å². The second-order valence-corrected chi connectivity index (χ2v) is 5.83. The highest BCUT2D eigenvalue weighted by atomic mass is 15.2. The standard InChI is InChI=1S/C15H24N4/c1-3-6-19-7-4-5-11-8-13-12(9-14(11)19)10-17-15(16-2)18-13/h10-11,14H,3-9H2,1-2H3,(H,16,17,18). The molecule has 2 unspecified atom stereocenters. The van der Waals surface area contributed by atoms with E-state index in [0.29, 0.717) is 0 Å². The minimum absolute atomic E-state index is 0.727. The van der Waals surface area contributed by atoms with Gasteiger partial charge >= 0.3 is 0 Å². The molecule has 2 aliphatic rings. The van der Waals surface area contributed by atoms with Gasteiger partial charge in [0.2, 0.25) is 5.95 Å². The fraction of sp³-hybridized carbons (Fsp3) is 0.733. The molecule has 19 heavy (non-hydrogen) atoms. The molecule has 1 saturated heterocycles. The van der Waals surface area contributed by atoms with E-state index in [1.807, 2.05) is 13.2 Å². The molecular formula is C15H24N4. The second kappa shape index (κ2) is 5.45. The van der Waals surface area contributed by atoms with Crippen molar-refractivity contribution >= 4 is 5.95 Å². The lowest BCUT2D eigenvalue weighted by atomic mass is 9.77. The first-order chi connectivity index (χ1) is 9.31. The van der Waals surface area contributed by atoms with E-state index in [2.05, 4.69) is 27.1 Å². The van der Waals surface area contributed by atoms with Gasteiger partial charge in [-0.1, -0.05) is 6.92 Å². The van der Waals surface area contributed by atoms with Gasteiger partial charge in [0.25, 0.3) is 0 Å². The Morgan fingerprint density at radius 3 is 3.11 bits per heavy atom. The Balaban J connectivity index is 1.84. The van der Waals surface area contributed by atoms with Crippen molar-refractivity contribution in [2.24, 2.45) is 5.92 Å². The molecule has 4 heteroatoms. The Hall–Kier alpha value is -1.16. The van der Waals surface area contributed by atoms with Crippen LogP contribution in [0.4, 0.5) is 5.95 Å². The summed E-state index contributed by atoms with van der Waals surface area (Å²) in [6.45, 7) is 4.80. The minimum Gasteiger partial charge on any atom is -0.357 e. The molecule has 0 spiro atoms. The van der Waals surface area contributed by atoms with Crippen molar-refractivity contribution in [1.29, 1.82) is 0 Å². The summed E-state index contributed by atoms with van der Waals surface area (Å²) >= 11 is 0. The van der Waals surface area contributed by atoms with E-state index in [0.717, 1.165) is 30.7 Å². The van der Waals surface area contributed by atoms with Crippen molar-refractivity contribution in [1.82, 2.24) is 14.9 Å². The maximum absolute atomic E-state index is 4.65. The monoisotopic (exact) mass is 260 g/mol. The summed E-state index contributed by atoms with van der Waals surface area (Å²) in [6.07, 6.45) is 8.28. The Kier molecular flexibility index (Phi) is 3.69. The maximum Gasteiger partial charge on any atom is 0.222 e. The molecule has 1 aromatic rings. The molecule has 2 atom stereocenters. The number of hydrogen-bond donors (Lipinski definition) is 1. The highest BCUT2D eigenvalue weighted by molar-refractivity contribution is 5.31. The Labute approximate surface area is 115 Å². The first-order valence-electron chi connectivity index (χ1n) is 7.58. The van der Waals surface area contributed by atoms with Crippen LogP contribution in [-0.2, 0) is 12.8 Å². The number of rotatable bonds is 3. The fourth-order valence-electron chi connectivity index (χ4n) is 3.70. The molecule has 1 aromatic heterocycles. The zero-order chi connectivity index (χ0) is 13.2. The van der Waals surface area contributed by atoms with Crippen LogP contribution < -0.4 is 5.32 Å². The van der Waals surface area contributed by atoms with Gasteiger partial charge in [0.1, 0.15) is 0 Å². The molecule has 0 saturated carbocycles. The van der Waals surface area contributed by atoms with Crippen LogP contribution in [0.2, 0.25) is 0 Å². The van der Waals surface area contributed by atoms with Crippen LogP contribution in [0.15, 0.2) is 6.20 Å². The lowest BCUT2D eigenvalue weighted by Gasteiger charge is -2.44. The molecule has 0 bridgehead atoms. The molecule has 1 aliphatic carbocycles. The van der Waals surface area contributed by atoms with Crippen molar-refractivity contribution in [3.8, 4) is 0 Å². The smallest absolute Gasteiger partial charge is 0.222 e. The van der Waals surface area contributed by atoms with Crippen molar-refractivity contribution in [3.05, 3.63) is 17.5 Å². The van der Waals surface area contributed by atoms with E-state index in [1.165, 1.54) is 43.6 Å². The van der Waals surface area contributed by atoms with Gasteiger partial charge in [-0.05, 0) is 56.7 Å². The summed E-state index contributed by atoms with van der Waals surface area (Å²) in [4.78, 5) is 11.7. The first-order valence-corrected chi connectivity index (χ1v) is 7.58. The van der Waals surface area contributed by atoms with Crippen LogP contribution >= 0.6 is 0 Å². The zero-order valence-corrected chi connectivity index (χ0v) is 12.0. The Morgan fingerprint density at radius 1 is 1.42 bits per heavy atom. The molecule has 1 N–H and O–H groups in total.